The predicted octanol–water partition coefficient (Wildman–Crippen LogP) is 3.46. The van der Waals surface area contributed by atoms with Gasteiger partial charge in [-0.25, -0.2) is 4.98 Å². The van der Waals surface area contributed by atoms with Crippen molar-refractivity contribution in [3.8, 4) is 17.0 Å². The van der Waals surface area contributed by atoms with Crippen molar-refractivity contribution in [3.63, 3.8) is 0 Å². The van der Waals surface area contributed by atoms with Gasteiger partial charge < -0.3 is 14.5 Å². The van der Waals surface area contributed by atoms with Gasteiger partial charge in [-0.1, -0.05) is 24.3 Å². The molecule has 0 bridgehead atoms. The lowest BCUT2D eigenvalue weighted by Gasteiger charge is -2.40. The van der Waals surface area contributed by atoms with Gasteiger partial charge in [-0.2, -0.15) is 0 Å². The van der Waals surface area contributed by atoms with Crippen molar-refractivity contribution in [2.45, 2.75) is 26.3 Å². The molecule has 7 heteroatoms. The summed E-state index contributed by atoms with van der Waals surface area (Å²) in [5.41, 5.74) is 3.54. The van der Waals surface area contributed by atoms with Crippen LogP contribution in [0.1, 0.15) is 29.8 Å². The molecule has 0 radical (unpaired) electrons. The molecule has 4 rings (SSSR count). The van der Waals surface area contributed by atoms with Crippen LogP contribution in [0.4, 0.5) is 0 Å². The maximum Gasteiger partial charge on any atom is 0.260 e. The van der Waals surface area contributed by atoms with Crippen molar-refractivity contribution < 1.29 is 14.3 Å². The fraction of sp³-hybridized carbons (Fsp3) is 0.308. The highest BCUT2D eigenvalue weighted by Gasteiger charge is 2.38. The second-order valence-corrected chi connectivity index (χ2v) is 7.86. The Morgan fingerprint density at radius 2 is 1.73 bits per heavy atom. The van der Waals surface area contributed by atoms with Crippen LogP contribution in [0.3, 0.4) is 0 Å². The van der Waals surface area contributed by atoms with E-state index in [2.05, 4.69) is 9.97 Å². The van der Waals surface area contributed by atoms with Crippen LogP contribution in [0.2, 0.25) is 0 Å². The van der Waals surface area contributed by atoms with Crippen molar-refractivity contribution in [2.75, 3.05) is 26.2 Å². The monoisotopic (exact) mass is 444 g/mol. The Morgan fingerprint density at radius 1 is 1.00 bits per heavy atom. The summed E-state index contributed by atoms with van der Waals surface area (Å²) in [6.07, 6.45) is 5.58. The van der Waals surface area contributed by atoms with Gasteiger partial charge in [0.2, 0.25) is 11.8 Å². The molecule has 2 amide bonds. The number of ether oxygens (including phenoxy) is 1. The molecule has 3 heterocycles. The van der Waals surface area contributed by atoms with E-state index < -0.39 is 6.04 Å². The first-order valence-corrected chi connectivity index (χ1v) is 11.3. The Labute approximate surface area is 194 Å². The Balaban J connectivity index is 1.60. The molecular formula is C26H28N4O3. The minimum absolute atomic E-state index is 0.0304. The number of hydrogen-bond donors (Lipinski definition) is 0. The van der Waals surface area contributed by atoms with E-state index in [4.69, 9.17) is 4.74 Å². The van der Waals surface area contributed by atoms with E-state index in [0.29, 0.717) is 44.1 Å². The van der Waals surface area contributed by atoms with E-state index in [1.807, 2.05) is 55.1 Å². The SMILES string of the molecule is CCOc1ncccc1C(=O)N1CCN(CC)C(=O)C1Cc1ccc(-c2ccncc2)cc1. The Hall–Kier alpha value is -3.74. The molecule has 33 heavy (non-hydrogen) atoms. The molecule has 1 fully saturated rings. The van der Waals surface area contributed by atoms with Gasteiger partial charge in [0.1, 0.15) is 11.6 Å². The molecule has 0 saturated carbocycles. The third-order valence-electron chi connectivity index (χ3n) is 5.91. The van der Waals surface area contributed by atoms with E-state index in [-0.39, 0.29) is 11.8 Å². The maximum atomic E-state index is 13.5. The van der Waals surface area contributed by atoms with Crippen LogP contribution in [-0.4, -0.2) is 63.9 Å². The topological polar surface area (TPSA) is 75.6 Å². The third kappa shape index (κ3) is 4.87. The first-order chi connectivity index (χ1) is 16.1. The van der Waals surface area contributed by atoms with Crippen molar-refractivity contribution in [3.05, 3.63) is 78.2 Å². The van der Waals surface area contributed by atoms with Crippen molar-refractivity contribution >= 4 is 11.8 Å². The smallest absolute Gasteiger partial charge is 0.260 e. The zero-order valence-electron chi connectivity index (χ0n) is 19.0. The summed E-state index contributed by atoms with van der Waals surface area (Å²) in [4.78, 5) is 38.5. The van der Waals surface area contributed by atoms with Crippen LogP contribution < -0.4 is 4.74 Å². The molecule has 1 aliphatic rings. The Morgan fingerprint density at radius 3 is 2.42 bits per heavy atom. The molecule has 1 atom stereocenters. The summed E-state index contributed by atoms with van der Waals surface area (Å²) in [6, 6.07) is 14.9. The number of hydrogen-bond acceptors (Lipinski definition) is 5. The van der Waals surface area contributed by atoms with Gasteiger partial charge in [0.25, 0.3) is 5.91 Å². The molecule has 0 spiro atoms. The minimum atomic E-state index is -0.576. The van der Waals surface area contributed by atoms with Gasteiger partial charge in [0, 0.05) is 44.6 Å². The molecule has 1 aliphatic heterocycles. The van der Waals surface area contributed by atoms with Gasteiger partial charge in [-0.15, -0.1) is 0 Å². The average molecular weight is 445 g/mol. The average Bonchev–Trinajstić information content (AvgIpc) is 2.86. The normalized spacial score (nSPS) is 16.1. The largest absolute Gasteiger partial charge is 0.477 e. The van der Waals surface area contributed by atoms with Crippen molar-refractivity contribution in [2.24, 2.45) is 0 Å². The number of amides is 2. The van der Waals surface area contributed by atoms with E-state index in [1.54, 1.807) is 35.6 Å². The van der Waals surface area contributed by atoms with Crippen LogP contribution in [0.25, 0.3) is 11.1 Å². The van der Waals surface area contributed by atoms with Gasteiger partial charge in [0.15, 0.2) is 0 Å². The van der Waals surface area contributed by atoms with Crippen LogP contribution in [-0.2, 0) is 11.2 Å². The number of nitrogens with zero attached hydrogens (tertiary/aromatic N) is 4. The number of aromatic nitrogens is 2. The lowest BCUT2D eigenvalue weighted by molar-refractivity contribution is -0.139. The number of pyridine rings is 2. The first-order valence-electron chi connectivity index (χ1n) is 11.3. The van der Waals surface area contributed by atoms with E-state index in [9.17, 15) is 9.59 Å². The highest BCUT2D eigenvalue weighted by Crippen LogP contribution is 2.24. The highest BCUT2D eigenvalue weighted by molar-refractivity contribution is 6.00. The number of likely N-dealkylation sites (N-methyl/N-ethyl adjacent to an activating group) is 1. The number of benzene rings is 1. The molecule has 0 aliphatic carbocycles. The number of carbonyl (C=O) groups excluding carboxylic acids is 2. The third-order valence-corrected chi connectivity index (χ3v) is 5.91. The fourth-order valence-corrected chi connectivity index (χ4v) is 4.15. The zero-order chi connectivity index (χ0) is 23.2. The highest BCUT2D eigenvalue weighted by atomic mass is 16.5. The summed E-state index contributed by atoms with van der Waals surface area (Å²) >= 11 is 0. The lowest BCUT2D eigenvalue weighted by Crippen LogP contribution is -2.59. The minimum Gasteiger partial charge on any atom is -0.477 e. The standard InChI is InChI=1S/C26H28N4O3/c1-3-29-16-17-30(25(31)22-6-5-13-28-24(22)33-4-2)23(26(29)32)18-19-7-9-20(10-8-19)21-11-14-27-15-12-21/h5-15,23H,3-4,16-18H2,1-2H3. The Kier molecular flexibility index (Phi) is 6.98. The molecule has 1 saturated heterocycles. The van der Waals surface area contributed by atoms with Crippen LogP contribution >= 0.6 is 0 Å². The van der Waals surface area contributed by atoms with Crippen molar-refractivity contribution in [1.82, 2.24) is 19.8 Å². The summed E-state index contributed by atoms with van der Waals surface area (Å²) in [5, 5.41) is 0. The molecule has 2 aromatic heterocycles. The second-order valence-electron chi connectivity index (χ2n) is 7.86. The number of rotatable bonds is 7. The maximum absolute atomic E-state index is 13.5. The van der Waals surface area contributed by atoms with E-state index in [0.717, 1.165) is 16.7 Å². The van der Waals surface area contributed by atoms with E-state index in [1.165, 1.54) is 0 Å². The molecule has 3 aromatic rings. The Bertz CT molecular complexity index is 1100. The quantitative estimate of drug-likeness (QED) is 0.558. The lowest BCUT2D eigenvalue weighted by atomic mass is 9.98. The number of carbonyl (C=O) groups is 2. The molecule has 0 N–H and O–H groups in total. The molecule has 1 aromatic carbocycles. The molecule has 170 valence electrons. The molecular weight excluding hydrogens is 416 g/mol. The zero-order valence-corrected chi connectivity index (χ0v) is 19.0. The van der Waals surface area contributed by atoms with Gasteiger partial charge in [-0.3, -0.25) is 14.6 Å². The van der Waals surface area contributed by atoms with Gasteiger partial charge in [0.05, 0.1) is 6.61 Å². The van der Waals surface area contributed by atoms with Crippen molar-refractivity contribution in [1.29, 1.82) is 0 Å². The summed E-state index contributed by atoms with van der Waals surface area (Å²) < 4.78 is 5.57. The number of piperazine rings is 1. The summed E-state index contributed by atoms with van der Waals surface area (Å²) in [6.45, 7) is 5.83. The predicted molar refractivity (Wildman–Crippen MR) is 126 cm³/mol. The molecule has 1 unspecified atom stereocenters. The second kappa shape index (κ2) is 10.3. The van der Waals surface area contributed by atoms with Gasteiger partial charge >= 0.3 is 0 Å². The summed E-state index contributed by atoms with van der Waals surface area (Å²) in [5.74, 6) is 0.0436. The first kappa shape index (κ1) is 22.5. The van der Waals surface area contributed by atoms with Crippen LogP contribution in [0.5, 0.6) is 5.88 Å². The fourth-order valence-electron chi connectivity index (χ4n) is 4.15. The van der Waals surface area contributed by atoms with Gasteiger partial charge in [-0.05, 0) is 54.8 Å². The molecule has 7 nitrogen and oxygen atoms in total. The summed E-state index contributed by atoms with van der Waals surface area (Å²) in [7, 11) is 0. The van der Waals surface area contributed by atoms with Crippen LogP contribution in [0, 0.1) is 0 Å². The van der Waals surface area contributed by atoms with E-state index >= 15 is 0 Å². The van der Waals surface area contributed by atoms with Crippen LogP contribution in [0.15, 0.2) is 67.1 Å².